The molecule has 7 heteroatoms. The number of aromatic amines is 1. The fraction of sp³-hybridized carbons (Fsp3) is 0.0588. The van der Waals surface area contributed by atoms with Crippen LogP contribution in [0.25, 0.3) is 21.8 Å². The fourth-order valence-corrected chi connectivity index (χ4v) is 3.75. The minimum atomic E-state index is -0.0364. The van der Waals surface area contributed by atoms with Gasteiger partial charge in [0.15, 0.2) is 9.90 Å². The molecule has 0 bridgehead atoms. The zero-order valence-electron chi connectivity index (χ0n) is 12.3. The maximum atomic E-state index is 12.7. The van der Waals surface area contributed by atoms with Crippen LogP contribution in [0, 0.1) is 0 Å². The third-order valence-electron chi connectivity index (χ3n) is 3.77. The van der Waals surface area contributed by atoms with Crippen LogP contribution in [0.2, 0.25) is 9.49 Å². The van der Waals surface area contributed by atoms with Crippen molar-refractivity contribution in [3.63, 3.8) is 0 Å². The van der Waals surface area contributed by atoms with Gasteiger partial charge in [0.05, 0.1) is 17.7 Å². The minimum Gasteiger partial charge on any atom is -0.378 e. The number of H-pyrrole nitrogens is 1. The maximum Gasteiger partial charge on any atom is 0.197 e. The van der Waals surface area contributed by atoms with Crippen LogP contribution in [0.5, 0.6) is 0 Å². The summed E-state index contributed by atoms with van der Waals surface area (Å²) in [5, 5.41) is 5.09. The Labute approximate surface area is 151 Å². The van der Waals surface area contributed by atoms with E-state index in [1.165, 1.54) is 11.3 Å². The third-order valence-corrected chi connectivity index (χ3v) is 5.12. The van der Waals surface area contributed by atoms with E-state index in [1.807, 2.05) is 24.3 Å². The highest BCUT2D eigenvalue weighted by atomic mass is 35.5. The summed E-state index contributed by atoms with van der Waals surface area (Å²) in [5.74, 6) is 0. The first-order valence-electron chi connectivity index (χ1n) is 7.20. The van der Waals surface area contributed by atoms with E-state index in [0.717, 1.165) is 21.6 Å². The zero-order chi connectivity index (χ0) is 16.7. The van der Waals surface area contributed by atoms with Crippen molar-refractivity contribution in [2.75, 3.05) is 5.32 Å². The van der Waals surface area contributed by atoms with Gasteiger partial charge in [-0.2, -0.15) is 0 Å². The lowest BCUT2D eigenvalue weighted by atomic mass is 10.1. The Balaban J connectivity index is 1.83. The minimum absolute atomic E-state index is 0.0364. The van der Waals surface area contributed by atoms with E-state index in [1.54, 1.807) is 18.3 Å². The SMILES string of the molecule is O=c1c2cc(Cl)ccc2[nH]c2c(NCc3cnc(Cl)s3)cccc12. The second-order valence-corrected chi connectivity index (χ2v) is 7.44. The summed E-state index contributed by atoms with van der Waals surface area (Å²) >= 11 is 13.3. The maximum absolute atomic E-state index is 12.7. The zero-order valence-corrected chi connectivity index (χ0v) is 14.6. The van der Waals surface area contributed by atoms with Crippen molar-refractivity contribution in [3.05, 3.63) is 67.2 Å². The molecule has 0 unspecified atom stereocenters. The number of hydrogen-bond acceptors (Lipinski definition) is 4. The molecule has 2 aromatic heterocycles. The number of hydrogen-bond donors (Lipinski definition) is 2. The Morgan fingerprint density at radius 1 is 1.17 bits per heavy atom. The summed E-state index contributed by atoms with van der Waals surface area (Å²) in [7, 11) is 0. The average molecular weight is 376 g/mol. The molecule has 0 fully saturated rings. The van der Waals surface area contributed by atoms with Crippen molar-refractivity contribution in [1.82, 2.24) is 9.97 Å². The van der Waals surface area contributed by atoms with E-state index >= 15 is 0 Å². The van der Waals surface area contributed by atoms with Gasteiger partial charge >= 0.3 is 0 Å². The topological polar surface area (TPSA) is 57.8 Å². The van der Waals surface area contributed by atoms with Gasteiger partial charge in [0.1, 0.15) is 0 Å². The lowest BCUT2D eigenvalue weighted by Gasteiger charge is -2.10. The number of pyridine rings is 1. The molecule has 2 heterocycles. The Bertz CT molecular complexity index is 1120. The highest BCUT2D eigenvalue weighted by Crippen LogP contribution is 2.25. The van der Waals surface area contributed by atoms with Crippen LogP contribution in [0.1, 0.15) is 4.88 Å². The monoisotopic (exact) mass is 375 g/mol. The number of rotatable bonds is 3. The number of fused-ring (bicyclic) bond motifs is 2. The second-order valence-electron chi connectivity index (χ2n) is 5.31. The van der Waals surface area contributed by atoms with E-state index in [9.17, 15) is 4.79 Å². The quantitative estimate of drug-likeness (QED) is 0.492. The van der Waals surface area contributed by atoms with Gasteiger partial charge in [-0.1, -0.05) is 29.3 Å². The van der Waals surface area contributed by atoms with E-state index in [0.29, 0.717) is 26.8 Å². The van der Waals surface area contributed by atoms with Crippen LogP contribution >= 0.6 is 34.5 Å². The number of halogens is 2. The van der Waals surface area contributed by atoms with Gasteiger partial charge in [-0.05, 0) is 30.3 Å². The number of anilines is 1. The molecular formula is C17H11Cl2N3OS. The van der Waals surface area contributed by atoms with E-state index in [4.69, 9.17) is 23.2 Å². The molecule has 4 nitrogen and oxygen atoms in total. The lowest BCUT2D eigenvalue weighted by Crippen LogP contribution is -2.06. The summed E-state index contributed by atoms with van der Waals surface area (Å²) in [4.78, 5) is 21.1. The van der Waals surface area contributed by atoms with Crippen LogP contribution in [-0.2, 0) is 6.54 Å². The summed E-state index contributed by atoms with van der Waals surface area (Å²) < 4.78 is 0.515. The van der Waals surface area contributed by atoms with Crippen molar-refractivity contribution in [3.8, 4) is 0 Å². The van der Waals surface area contributed by atoms with Gasteiger partial charge < -0.3 is 10.3 Å². The van der Waals surface area contributed by atoms with Gasteiger partial charge in [-0.25, -0.2) is 4.98 Å². The molecule has 0 spiro atoms. The Morgan fingerprint density at radius 3 is 2.83 bits per heavy atom. The van der Waals surface area contributed by atoms with Gasteiger partial charge in [-0.3, -0.25) is 4.79 Å². The summed E-state index contributed by atoms with van der Waals surface area (Å²) in [6.07, 6.45) is 1.74. The molecule has 4 rings (SSSR count). The van der Waals surface area contributed by atoms with Gasteiger partial charge in [0.2, 0.25) is 0 Å². The van der Waals surface area contributed by atoms with Crippen molar-refractivity contribution < 1.29 is 0 Å². The number of nitrogens with one attached hydrogen (secondary N) is 2. The first kappa shape index (κ1) is 15.4. The van der Waals surface area contributed by atoms with Crippen LogP contribution < -0.4 is 10.7 Å². The van der Waals surface area contributed by atoms with Crippen LogP contribution in [0.15, 0.2) is 47.4 Å². The molecule has 0 saturated heterocycles. The number of aromatic nitrogens is 2. The summed E-state index contributed by atoms with van der Waals surface area (Å²) in [5.41, 5.74) is 2.34. The van der Waals surface area contributed by atoms with Crippen molar-refractivity contribution in [2.24, 2.45) is 0 Å². The molecule has 0 amide bonds. The average Bonchev–Trinajstić information content (AvgIpc) is 2.99. The van der Waals surface area contributed by atoms with Gasteiger partial charge in [0, 0.05) is 32.4 Å². The van der Waals surface area contributed by atoms with Crippen LogP contribution in [-0.4, -0.2) is 9.97 Å². The number of nitrogens with zero attached hydrogens (tertiary/aromatic N) is 1. The molecule has 120 valence electrons. The van der Waals surface area contributed by atoms with Crippen LogP contribution in [0.3, 0.4) is 0 Å². The molecule has 0 aliphatic heterocycles. The highest BCUT2D eigenvalue weighted by molar-refractivity contribution is 7.15. The van der Waals surface area contributed by atoms with Gasteiger partial charge in [-0.15, -0.1) is 11.3 Å². The van der Waals surface area contributed by atoms with Crippen molar-refractivity contribution >= 4 is 62.0 Å². The summed E-state index contributed by atoms with van der Waals surface area (Å²) in [6.45, 7) is 0.587. The predicted octanol–water partition coefficient (Wildman–Crippen LogP) is 5.06. The smallest absolute Gasteiger partial charge is 0.197 e. The first-order valence-corrected chi connectivity index (χ1v) is 8.77. The molecule has 2 aromatic carbocycles. The lowest BCUT2D eigenvalue weighted by molar-refractivity contribution is 1.18. The van der Waals surface area contributed by atoms with Gasteiger partial charge in [0.25, 0.3) is 0 Å². The molecule has 0 atom stereocenters. The molecule has 2 N–H and O–H groups in total. The number of thiazole rings is 1. The fourth-order valence-electron chi connectivity index (χ4n) is 2.66. The predicted molar refractivity (Wildman–Crippen MR) is 102 cm³/mol. The molecule has 0 aliphatic carbocycles. The first-order chi connectivity index (χ1) is 11.6. The van der Waals surface area contributed by atoms with E-state index in [2.05, 4.69) is 15.3 Å². The summed E-state index contributed by atoms with van der Waals surface area (Å²) in [6, 6.07) is 10.9. The highest BCUT2D eigenvalue weighted by Gasteiger charge is 2.09. The molecule has 24 heavy (non-hydrogen) atoms. The molecule has 0 aliphatic rings. The van der Waals surface area contributed by atoms with Crippen molar-refractivity contribution in [2.45, 2.75) is 6.54 Å². The Hall–Kier alpha value is -2.08. The molecule has 4 aromatic rings. The Kier molecular flexibility index (Phi) is 3.92. The normalized spacial score (nSPS) is 11.2. The largest absolute Gasteiger partial charge is 0.378 e. The Morgan fingerprint density at radius 2 is 2.04 bits per heavy atom. The molecular weight excluding hydrogens is 365 g/mol. The van der Waals surface area contributed by atoms with E-state index in [-0.39, 0.29) is 5.43 Å². The van der Waals surface area contributed by atoms with Crippen LogP contribution in [0.4, 0.5) is 5.69 Å². The number of para-hydroxylation sites is 1. The third kappa shape index (κ3) is 2.75. The second kappa shape index (κ2) is 6.09. The number of benzene rings is 2. The van der Waals surface area contributed by atoms with E-state index < -0.39 is 0 Å². The van der Waals surface area contributed by atoms with Crippen molar-refractivity contribution in [1.29, 1.82) is 0 Å². The molecule has 0 saturated carbocycles. The standard InChI is InChI=1S/C17H11Cl2N3OS/c18-9-4-5-13-12(6-9)16(23)11-2-1-3-14(15(11)22-13)20-7-10-8-21-17(19)24-10/h1-6,8,20H,7H2,(H,22,23). The molecule has 0 radical (unpaired) electrons.